The number of nitrogens with zero attached hydrogens (tertiary/aromatic N) is 1. The van der Waals surface area contributed by atoms with Crippen LogP contribution in [0.15, 0.2) is 17.1 Å². The maximum Gasteiger partial charge on any atom is 0.327 e. The molecule has 6 heteroatoms. The second kappa shape index (κ2) is 8.04. The molecule has 110 valence electrons. The fourth-order valence-corrected chi connectivity index (χ4v) is 1.61. The highest BCUT2D eigenvalue weighted by Gasteiger charge is 2.12. The number of hydrogen-bond donors (Lipinski definition) is 0. The summed E-state index contributed by atoms with van der Waals surface area (Å²) in [7, 11) is 4.61. The summed E-state index contributed by atoms with van der Waals surface area (Å²) in [6.07, 6.45) is 1.56. The Morgan fingerprint density at radius 2 is 1.75 bits per heavy atom. The molecule has 0 aliphatic heterocycles. The number of benzene rings is 1. The van der Waals surface area contributed by atoms with Crippen LogP contribution in [0.4, 0.5) is 0 Å². The summed E-state index contributed by atoms with van der Waals surface area (Å²) >= 11 is 0. The number of ether oxygens (including phenoxy) is 4. The van der Waals surface area contributed by atoms with Gasteiger partial charge in [0.25, 0.3) is 0 Å². The van der Waals surface area contributed by atoms with Gasteiger partial charge in [-0.25, -0.2) is 0 Å². The van der Waals surface area contributed by atoms with Gasteiger partial charge in [-0.15, -0.1) is 0 Å². The van der Waals surface area contributed by atoms with E-state index < -0.39 is 0 Å². The molecule has 1 aromatic rings. The minimum Gasteiger partial charge on any atom is -0.493 e. The molecule has 0 saturated heterocycles. The van der Waals surface area contributed by atoms with Gasteiger partial charge in [0.2, 0.25) is 5.75 Å². The minimum atomic E-state index is -0.365. The number of methoxy groups -OCH3 is 3. The molecule has 0 fully saturated rings. The second-order valence-electron chi connectivity index (χ2n) is 3.73. The normalized spacial score (nSPS) is 10.4. The van der Waals surface area contributed by atoms with Crippen molar-refractivity contribution in [1.82, 2.24) is 0 Å². The molecule has 0 spiro atoms. The van der Waals surface area contributed by atoms with Crippen molar-refractivity contribution in [3.8, 4) is 17.2 Å². The summed E-state index contributed by atoms with van der Waals surface area (Å²) < 4.78 is 20.5. The van der Waals surface area contributed by atoms with E-state index in [1.807, 2.05) is 0 Å². The molecule has 0 radical (unpaired) electrons. The summed E-state index contributed by atoms with van der Waals surface area (Å²) in [4.78, 5) is 15.2. The Morgan fingerprint density at radius 3 is 2.20 bits per heavy atom. The van der Waals surface area contributed by atoms with Crippen molar-refractivity contribution in [2.45, 2.75) is 6.92 Å². The zero-order chi connectivity index (χ0) is 15.0. The fourth-order valence-electron chi connectivity index (χ4n) is 1.61. The molecule has 1 rings (SSSR count). The molecule has 0 atom stereocenters. The zero-order valence-electron chi connectivity index (χ0n) is 12.1. The third-order valence-corrected chi connectivity index (χ3v) is 2.45. The van der Waals surface area contributed by atoms with Gasteiger partial charge in [-0.3, -0.25) is 9.79 Å². The first kappa shape index (κ1) is 15.8. The summed E-state index contributed by atoms with van der Waals surface area (Å²) in [5.74, 6) is 1.21. The second-order valence-corrected chi connectivity index (χ2v) is 3.73. The van der Waals surface area contributed by atoms with Crippen molar-refractivity contribution in [2.24, 2.45) is 4.99 Å². The first-order chi connectivity index (χ1) is 9.65. The summed E-state index contributed by atoms with van der Waals surface area (Å²) in [5.41, 5.74) is 0.740. The highest BCUT2D eigenvalue weighted by molar-refractivity contribution is 5.84. The van der Waals surface area contributed by atoms with E-state index in [0.29, 0.717) is 23.9 Å². The average Bonchev–Trinajstić information content (AvgIpc) is 2.46. The molecule has 0 bridgehead atoms. The van der Waals surface area contributed by atoms with Crippen molar-refractivity contribution in [3.05, 3.63) is 17.7 Å². The summed E-state index contributed by atoms with van der Waals surface area (Å²) in [6.45, 7) is 2.07. The average molecular weight is 281 g/mol. The molecular formula is C14H19NO5. The zero-order valence-corrected chi connectivity index (χ0v) is 12.1. The summed E-state index contributed by atoms with van der Waals surface area (Å²) in [5, 5.41) is 0. The van der Waals surface area contributed by atoms with Crippen LogP contribution < -0.4 is 14.2 Å². The van der Waals surface area contributed by atoms with Gasteiger partial charge in [0.15, 0.2) is 11.5 Å². The van der Waals surface area contributed by atoms with Gasteiger partial charge in [-0.05, 0) is 24.6 Å². The number of hydrogen-bond acceptors (Lipinski definition) is 6. The topological polar surface area (TPSA) is 66.4 Å². The molecule has 0 saturated carbocycles. The molecule has 0 aromatic heterocycles. The lowest BCUT2D eigenvalue weighted by Crippen LogP contribution is -2.07. The Hall–Kier alpha value is -2.24. The lowest BCUT2D eigenvalue weighted by atomic mass is 10.2. The first-order valence-electron chi connectivity index (χ1n) is 6.11. The fraction of sp³-hybridized carbons (Fsp3) is 0.429. The lowest BCUT2D eigenvalue weighted by Gasteiger charge is -2.12. The monoisotopic (exact) mass is 281 g/mol. The van der Waals surface area contributed by atoms with Crippen LogP contribution >= 0.6 is 0 Å². The van der Waals surface area contributed by atoms with Crippen LogP contribution in [0.2, 0.25) is 0 Å². The highest BCUT2D eigenvalue weighted by Crippen LogP contribution is 2.37. The van der Waals surface area contributed by atoms with Crippen LogP contribution in [0.3, 0.4) is 0 Å². The Balaban J connectivity index is 2.90. The van der Waals surface area contributed by atoms with Crippen LogP contribution in [0.1, 0.15) is 12.5 Å². The van der Waals surface area contributed by atoms with Crippen molar-refractivity contribution in [1.29, 1.82) is 0 Å². The van der Waals surface area contributed by atoms with Crippen LogP contribution in [-0.2, 0) is 9.53 Å². The van der Waals surface area contributed by atoms with E-state index in [2.05, 4.69) is 4.99 Å². The van der Waals surface area contributed by atoms with Gasteiger partial charge in [-0.2, -0.15) is 0 Å². The third kappa shape index (κ3) is 4.15. The van der Waals surface area contributed by atoms with Crippen LogP contribution in [0.5, 0.6) is 17.2 Å². The maximum absolute atomic E-state index is 11.2. The van der Waals surface area contributed by atoms with E-state index in [4.69, 9.17) is 18.9 Å². The van der Waals surface area contributed by atoms with Crippen molar-refractivity contribution >= 4 is 12.2 Å². The Labute approximate surface area is 118 Å². The molecule has 0 heterocycles. The Kier molecular flexibility index (Phi) is 6.36. The van der Waals surface area contributed by atoms with E-state index >= 15 is 0 Å². The largest absolute Gasteiger partial charge is 0.493 e. The number of carbonyl (C=O) groups is 1. The molecule has 0 unspecified atom stereocenters. The Bertz CT molecular complexity index is 459. The lowest BCUT2D eigenvalue weighted by molar-refractivity contribution is -0.141. The molecule has 0 aliphatic carbocycles. The standard InChI is InChI=1S/C14H19NO5/c1-5-20-13(16)9-15-8-10-6-11(17-2)14(19-4)12(7-10)18-3/h6-8H,5,9H2,1-4H3. The van der Waals surface area contributed by atoms with Gasteiger partial charge in [0.1, 0.15) is 6.54 Å². The Morgan fingerprint density at radius 1 is 1.15 bits per heavy atom. The van der Waals surface area contributed by atoms with Crippen LogP contribution in [0, 0.1) is 0 Å². The van der Waals surface area contributed by atoms with Gasteiger partial charge in [0, 0.05) is 6.21 Å². The quantitative estimate of drug-likeness (QED) is 0.562. The first-order valence-corrected chi connectivity index (χ1v) is 6.11. The van der Waals surface area contributed by atoms with Crippen molar-refractivity contribution in [2.75, 3.05) is 34.5 Å². The predicted octanol–water partition coefficient (Wildman–Crippen LogP) is 1.69. The predicted molar refractivity (Wildman–Crippen MR) is 75.2 cm³/mol. The third-order valence-electron chi connectivity index (χ3n) is 2.45. The smallest absolute Gasteiger partial charge is 0.327 e. The molecule has 0 amide bonds. The number of carbonyl (C=O) groups excluding carboxylic acids is 1. The molecule has 20 heavy (non-hydrogen) atoms. The van der Waals surface area contributed by atoms with Gasteiger partial charge < -0.3 is 18.9 Å². The summed E-state index contributed by atoms with van der Waals surface area (Å²) in [6, 6.07) is 3.49. The van der Waals surface area contributed by atoms with E-state index in [-0.39, 0.29) is 12.5 Å². The van der Waals surface area contributed by atoms with Gasteiger partial charge >= 0.3 is 5.97 Å². The highest BCUT2D eigenvalue weighted by atomic mass is 16.5. The van der Waals surface area contributed by atoms with Crippen LogP contribution in [0.25, 0.3) is 0 Å². The maximum atomic E-state index is 11.2. The SMILES string of the molecule is CCOC(=O)CN=Cc1cc(OC)c(OC)c(OC)c1. The van der Waals surface area contributed by atoms with E-state index in [1.54, 1.807) is 25.3 Å². The van der Waals surface area contributed by atoms with Crippen molar-refractivity contribution < 1.29 is 23.7 Å². The van der Waals surface area contributed by atoms with Gasteiger partial charge in [-0.1, -0.05) is 0 Å². The molecule has 0 aliphatic rings. The molecule has 1 aromatic carbocycles. The number of esters is 1. The number of rotatable bonds is 7. The van der Waals surface area contributed by atoms with E-state index in [0.717, 1.165) is 5.56 Å². The van der Waals surface area contributed by atoms with E-state index in [9.17, 15) is 4.79 Å². The minimum absolute atomic E-state index is 0.0233. The van der Waals surface area contributed by atoms with E-state index in [1.165, 1.54) is 21.3 Å². The van der Waals surface area contributed by atoms with Crippen LogP contribution in [-0.4, -0.2) is 46.7 Å². The number of aliphatic imine (C=N–C) groups is 1. The van der Waals surface area contributed by atoms with Crippen molar-refractivity contribution in [3.63, 3.8) is 0 Å². The molecule has 6 nitrogen and oxygen atoms in total. The molecular weight excluding hydrogens is 262 g/mol. The van der Waals surface area contributed by atoms with Gasteiger partial charge in [0.05, 0.1) is 27.9 Å². The molecule has 0 N–H and O–H groups in total.